The number of phenolic OH excluding ortho intramolecular Hbond substituents is 1. The van der Waals surface area contributed by atoms with Gasteiger partial charge >= 0.3 is 6.18 Å². The van der Waals surface area contributed by atoms with E-state index in [1.54, 1.807) is 20.1 Å². The first-order chi connectivity index (χ1) is 9.84. The highest BCUT2D eigenvalue weighted by Gasteiger charge is 2.31. The van der Waals surface area contributed by atoms with Gasteiger partial charge in [0.15, 0.2) is 0 Å². The Labute approximate surface area is 119 Å². The largest absolute Gasteiger partial charge is 0.507 e. The molecule has 7 heteroatoms. The predicted octanol–water partition coefficient (Wildman–Crippen LogP) is 3.90. The molecule has 1 heterocycles. The topological polar surface area (TPSA) is 58.4 Å². The van der Waals surface area contributed by atoms with Crippen LogP contribution in [0.2, 0.25) is 0 Å². The Bertz CT molecular complexity index is 696. The molecular weight excluding hydrogens is 283 g/mol. The molecule has 1 N–H and O–H groups in total. The molecule has 0 bridgehead atoms. The third kappa shape index (κ3) is 3.01. The SMILES string of the molecule is CC=Nc1cnnc(-c2ccc(C(F)(F)F)cc2O)c1C. The van der Waals surface area contributed by atoms with E-state index in [4.69, 9.17) is 0 Å². The zero-order valence-corrected chi connectivity index (χ0v) is 11.3. The lowest BCUT2D eigenvalue weighted by Crippen LogP contribution is -2.04. The molecule has 0 unspecified atom stereocenters. The summed E-state index contributed by atoms with van der Waals surface area (Å²) in [5.74, 6) is -0.500. The number of halogens is 3. The molecule has 0 atom stereocenters. The number of hydrogen-bond acceptors (Lipinski definition) is 4. The van der Waals surface area contributed by atoms with Gasteiger partial charge in [-0.15, -0.1) is 5.10 Å². The molecule has 4 nitrogen and oxygen atoms in total. The molecule has 1 aromatic carbocycles. The first-order valence-corrected chi connectivity index (χ1v) is 6.06. The zero-order valence-electron chi connectivity index (χ0n) is 11.3. The summed E-state index contributed by atoms with van der Waals surface area (Å²) in [5.41, 5.74) is 0.725. The van der Waals surface area contributed by atoms with Gasteiger partial charge in [-0.1, -0.05) is 0 Å². The Morgan fingerprint density at radius 1 is 1.29 bits per heavy atom. The molecule has 21 heavy (non-hydrogen) atoms. The number of benzene rings is 1. The summed E-state index contributed by atoms with van der Waals surface area (Å²) in [6.07, 6.45) is -1.49. The van der Waals surface area contributed by atoms with Crippen LogP contribution in [0.3, 0.4) is 0 Å². The van der Waals surface area contributed by atoms with E-state index in [2.05, 4.69) is 15.2 Å². The molecular formula is C14H12F3N3O. The second kappa shape index (κ2) is 5.51. The van der Waals surface area contributed by atoms with Gasteiger partial charge in [0.1, 0.15) is 11.4 Å². The monoisotopic (exact) mass is 295 g/mol. The van der Waals surface area contributed by atoms with Gasteiger partial charge in [-0.3, -0.25) is 4.99 Å². The lowest BCUT2D eigenvalue weighted by atomic mass is 10.0. The average Bonchev–Trinajstić information content (AvgIpc) is 2.41. The molecule has 2 aromatic rings. The van der Waals surface area contributed by atoms with Crippen molar-refractivity contribution in [2.45, 2.75) is 20.0 Å². The van der Waals surface area contributed by atoms with Crippen molar-refractivity contribution in [3.8, 4) is 17.0 Å². The van der Waals surface area contributed by atoms with Gasteiger partial charge in [-0.25, -0.2) is 0 Å². The third-order valence-corrected chi connectivity index (χ3v) is 2.93. The van der Waals surface area contributed by atoms with Crippen molar-refractivity contribution >= 4 is 11.9 Å². The molecule has 2 rings (SSSR count). The maximum absolute atomic E-state index is 12.6. The van der Waals surface area contributed by atoms with Crippen molar-refractivity contribution in [3.05, 3.63) is 35.5 Å². The van der Waals surface area contributed by atoms with Crippen molar-refractivity contribution in [2.24, 2.45) is 4.99 Å². The number of aromatic nitrogens is 2. The first kappa shape index (κ1) is 15.0. The van der Waals surface area contributed by atoms with Crippen molar-refractivity contribution in [1.29, 1.82) is 0 Å². The minimum absolute atomic E-state index is 0.182. The molecule has 110 valence electrons. The van der Waals surface area contributed by atoms with Gasteiger partial charge < -0.3 is 5.11 Å². The lowest BCUT2D eigenvalue weighted by molar-refractivity contribution is -0.137. The molecule has 0 fully saturated rings. The molecule has 0 spiro atoms. The number of alkyl halides is 3. The Morgan fingerprint density at radius 2 is 2.00 bits per heavy atom. The Morgan fingerprint density at radius 3 is 2.57 bits per heavy atom. The maximum atomic E-state index is 12.6. The minimum atomic E-state index is -4.51. The highest BCUT2D eigenvalue weighted by atomic mass is 19.4. The van der Waals surface area contributed by atoms with Gasteiger partial charge in [0.25, 0.3) is 0 Å². The van der Waals surface area contributed by atoms with E-state index < -0.39 is 17.5 Å². The van der Waals surface area contributed by atoms with Crippen LogP contribution in [0.1, 0.15) is 18.1 Å². The molecule has 1 aromatic heterocycles. The summed E-state index contributed by atoms with van der Waals surface area (Å²) in [5, 5.41) is 17.5. The van der Waals surface area contributed by atoms with E-state index in [1.807, 2.05) is 0 Å². The molecule has 0 saturated heterocycles. The summed E-state index contributed by atoms with van der Waals surface area (Å²) in [4.78, 5) is 4.09. The van der Waals surface area contributed by atoms with Crippen molar-refractivity contribution in [2.75, 3.05) is 0 Å². The van der Waals surface area contributed by atoms with Crippen LogP contribution in [-0.2, 0) is 6.18 Å². The molecule has 0 aliphatic carbocycles. The molecule has 0 aliphatic heterocycles. The highest BCUT2D eigenvalue weighted by Crippen LogP contribution is 2.37. The van der Waals surface area contributed by atoms with E-state index >= 15 is 0 Å². The molecule has 0 radical (unpaired) electrons. The first-order valence-electron chi connectivity index (χ1n) is 6.06. The lowest BCUT2D eigenvalue weighted by Gasteiger charge is -2.11. The van der Waals surface area contributed by atoms with E-state index in [9.17, 15) is 18.3 Å². The van der Waals surface area contributed by atoms with Crippen LogP contribution >= 0.6 is 0 Å². The number of aliphatic imine (C=N–C) groups is 1. The van der Waals surface area contributed by atoms with E-state index in [-0.39, 0.29) is 5.56 Å². The van der Waals surface area contributed by atoms with Gasteiger partial charge in [-0.05, 0) is 32.0 Å². The molecule has 0 aliphatic rings. The van der Waals surface area contributed by atoms with Crippen LogP contribution < -0.4 is 0 Å². The number of hydrogen-bond donors (Lipinski definition) is 1. The Hall–Kier alpha value is -2.44. The summed E-state index contributed by atoms with van der Waals surface area (Å²) >= 11 is 0. The Balaban J connectivity index is 2.56. The van der Waals surface area contributed by atoms with Crippen molar-refractivity contribution in [3.63, 3.8) is 0 Å². The van der Waals surface area contributed by atoms with Crippen molar-refractivity contribution < 1.29 is 18.3 Å². The zero-order chi connectivity index (χ0) is 15.6. The predicted molar refractivity (Wildman–Crippen MR) is 72.7 cm³/mol. The average molecular weight is 295 g/mol. The fourth-order valence-electron chi connectivity index (χ4n) is 1.87. The van der Waals surface area contributed by atoms with E-state index in [0.29, 0.717) is 23.0 Å². The summed E-state index contributed by atoms with van der Waals surface area (Å²) < 4.78 is 37.8. The number of nitrogens with zero attached hydrogens (tertiary/aromatic N) is 3. The fraction of sp³-hybridized carbons (Fsp3) is 0.214. The van der Waals surface area contributed by atoms with Crippen LogP contribution in [0, 0.1) is 6.92 Å². The summed E-state index contributed by atoms with van der Waals surface area (Å²) in [7, 11) is 0. The maximum Gasteiger partial charge on any atom is 0.416 e. The standard InChI is InChI=1S/C14H12F3N3O/c1-3-18-11-7-19-20-13(8(11)2)10-5-4-9(6-12(10)21)14(15,16)17/h3-7,21H,1-2H3. The number of aromatic hydroxyl groups is 1. The van der Waals surface area contributed by atoms with Gasteiger partial charge in [0.2, 0.25) is 0 Å². The van der Waals surface area contributed by atoms with E-state index in [0.717, 1.165) is 6.07 Å². The van der Waals surface area contributed by atoms with Gasteiger partial charge in [0.05, 0.1) is 17.4 Å². The minimum Gasteiger partial charge on any atom is -0.507 e. The summed E-state index contributed by atoms with van der Waals surface area (Å²) in [6.45, 7) is 3.44. The van der Waals surface area contributed by atoms with Crippen molar-refractivity contribution in [1.82, 2.24) is 10.2 Å². The van der Waals surface area contributed by atoms with E-state index in [1.165, 1.54) is 12.3 Å². The second-order valence-corrected chi connectivity index (χ2v) is 4.32. The number of phenols is 1. The van der Waals surface area contributed by atoms with Gasteiger partial charge in [-0.2, -0.15) is 18.3 Å². The molecule has 0 amide bonds. The molecule has 0 saturated carbocycles. The van der Waals surface area contributed by atoms with Crippen LogP contribution in [0.4, 0.5) is 18.9 Å². The smallest absolute Gasteiger partial charge is 0.416 e. The van der Waals surface area contributed by atoms with Crippen LogP contribution in [0.25, 0.3) is 11.3 Å². The quantitative estimate of drug-likeness (QED) is 0.855. The van der Waals surface area contributed by atoms with Crippen LogP contribution in [0.15, 0.2) is 29.4 Å². The Kier molecular flexibility index (Phi) is 3.93. The van der Waals surface area contributed by atoms with Gasteiger partial charge in [0, 0.05) is 17.3 Å². The normalized spacial score (nSPS) is 12.0. The second-order valence-electron chi connectivity index (χ2n) is 4.32. The highest BCUT2D eigenvalue weighted by molar-refractivity contribution is 5.74. The van der Waals surface area contributed by atoms with Crippen LogP contribution in [-0.4, -0.2) is 21.5 Å². The van der Waals surface area contributed by atoms with Crippen LogP contribution in [0.5, 0.6) is 5.75 Å². The number of rotatable bonds is 2. The summed E-state index contributed by atoms with van der Waals surface area (Å²) in [6, 6.07) is 2.74. The third-order valence-electron chi connectivity index (χ3n) is 2.93. The fourth-order valence-corrected chi connectivity index (χ4v) is 1.87.